The Bertz CT molecular complexity index is 828. The fourth-order valence-corrected chi connectivity index (χ4v) is 5.22. The number of rotatable bonds is 0. The molecule has 0 aliphatic rings. The van der Waals surface area contributed by atoms with Crippen molar-refractivity contribution in [1.29, 1.82) is 0 Å². The molecule has 2 N–H and O–H groups in total. The van der Waals surface area contributed by atoms with Crippen LogP contribution in [0.4, 0.5) is 5.69 Å². The van der Waals surface area contributed by atoms with Crippen LogP contribution in [0.2, 0.25) is 5.02 Å². The predicted molar refractivity (Wildman–Crippen MR) is 84.1 cm³/mol. The molecule has 88 valence electrons. The van der Waals surface area contributed by atoms with Crippen LogP contribution >= 0.6 is 34.3 Å². The summed E-state index contributed by atoms with van der Waals surface area (Å²) in [6, 6.07) is 12.2. The van der Waals surface area contributed by atoms with Gasteiger partial charge in [0.1, 0.15) is 0 Å². The molecule has 2 aromatic carbocycles. The largest absolute Gasteiger partial charge is 0.399 e. The monoisotopic (exact) mass is 289 g/mol. The first-order valence-electron chi connectivity index (χ1n) is 5.52. The average molecular weight is 290 g/mol. The lowest BCUT2D eigenvalue weighted by Crippen LogP contribution is -1.80. The van der Waals surface area contributed by atoms with Crippen molar-refractivity contribution >= 4 is 69.5 Å². The van der Waals surface area contributed by atoms with Gasteiger partial charge in [-0.1, -0.05) is 23.7 Å². The number of hydrogen-bond acceptors (Lipinski definition) is 3. The van der Waals surface area contributed by atoms with Crippen molar-refractivity contribution in [3.05, 3.63) is 41.4 Å². The van der Waals surface area contributed by atoms with Crippen molar-refractivity contribution in [2.45, 2.75) is 0 Å². The van der Waals surface area contributed by atoms with E-state index in [9.17, 15) is 0 Å². The van der Waals surface area contributed by atoms with Crippen LogP contribution in [0.3, 0.4) is 0 Å². The van der Waals surface area contributed by atoms with Crippen LogP contribution < -0.4 is 5.73 Å². The molecule has 0 bridgehead atoms. The number of halogens is 1. The Morgan fingerprint density at radius 3 is 2.17 bits per heavy atom. The van der Waals surface area contributed by atoms with Gasteiger partial charge >= 0.3 is 0 Å². The summed E-state index contributed by atoms with van der Waals surface area (Å²) in [7, 11) is 0. The van der Waals surface area contributed by atoms with Crippen molar-refractivity contribution in [2.24, 2.45) is 0 Å². The molecule has 4 aromatic rings. The second kappa shape index (κ2) is 3.60. The summed E-state index contributed by atoms with van der Waals surface area (Å²) in [5, 5.41) is 3.38. The highest BCUT2D eigenvalue weighted by Gasteiger charge is 2.12. The average Bonchev–Trinajstić information content (AvgIpc) is 2.83. The van der Waals surface area contributed by atoms with Crippen LogP contribution in [0.15, 0.2) is 36.4 Å². The van der Waals surface area contributed by atoms with E-state index in [1.165, 1.54) is 29.6 Å². The molecule has 0 saturated heterocycles. The molecule has 4 heteroatoms. The molecular weight excluding hydrogens is 282 g/mol. The number of fused-ring (bicyclic) bond motifs is 5. The molecule has 0 spiro atoms. The van der Waals surface area contributed by atoms with Gasteiger partial charge in [-0.15, -0.1) is 22.7 Å². The number of hydrogen-bond donors (Lipinski definition) is 1. The lowest BCUT2D eigenvalue weighted by atomic mass is 10.2. The second-order valence-electron chi connectivity index (χ2n) is 4.26. The highest BCUT2D eigenvalue weighted by molar-refractivity contribution is 7.36. The van der Waals surface area contributed by atoms with E-state index in [2.05, 4.69) is 18.2 Å². The summed E-state index contributed by atoms with van der Waals surface area (Å²) >= 11 is 9.65. The predicted octanol–water partition coefficient (Wildman–Crippen LogP) is 5.50. The Kier molecular flexibility index (Phi) is 2.13. The molecule has 0 atom stereocenters. The van der Waals surface area contributed by atoms with E-state index in [4.69, 9.17) is 17.3 Å². The Hall–Kier alpha value is -1.29. The van der Waals surface area contributed by atoms with Crippen molar-refractivity contribution in [3.8, 4) is 0 Å². The van der Waals surface area contributed by atoms with Crippen LogP contribution in [0.1, 0.15) is 0 Å². The van der Waals surface area contributed by atoms with E-state index in [0.29, 0.717) is 0 Å². The van der Waals surface area contributed by atoms with E-state index in [1.807, 2.05) is 18.2 Å². The standard InChI is InChI=1S/C14H8ClNS2/c15-7-1-3-9-11(5-7)17-14-10-4-2-8(16)6-12(10)18-13(9)14/h1-6H,16H2. The first kappa shape index (κ1) is 10.6. The Morgan fingerprint density at radius 1 is 0.833 bits per heavy atom. The third-order valence-electron chi connectivity index (χ3n) is 3.07. The Labute approximate surface area is 116 Å². The lowest BCUT2D eigenvalue weighted by Gasteiger charge is -1.92. The molecule has 0 aliphatic heterocycles. The summed E-state index contributed by atoms with van der Waals surface area (Å²) in [6.45, 7) is 0. The molecule has 0 saturated carbocycles. The summed E-state index contributed by atoms with van der Waals surface area (Å²) in [4.78, 5) is 0. The highest BCUT2D eigenvalue weighted by atomic mass is 35.5. The first-order chi connectivity index (χ1) is 8.72. The third-order valence-corrected chi connectivity index (χ3v) is 5.80. The van der Waals surface area contributed by atoms with Gasteiger partial charge in [0.2, 0.25) is 0 Å². The van der Waals surface area contributed by atoms with Crippen molar-refractivity contribution in [1.82, 2.24) is 0 Å². The van der Waals surface area contributed by atoms with Gasteiger partial charge in [-0.3, -0.25) is 0 Å². The quantitative estimate of drug-likeness (QED) is 0.425. The summed E-state index contributed by atoms with van der Waals surface area (Å²) in [5.41, 5.74) is 6.66. The minimum absolute atomic E-state index is 0.796. The number of anilines is 1. The third kappa shape index (κ3) is 1.38. The molecule has 0 amide bonds. The van der Waals surface area contributed by atoms with Gasteiger partial charge in [0.25, 0.3) is 0 Å². The Morgan fingerprint density at radius 2 is 1.44 bits per heavy atom. The van der Waals surface area contributed by atoms with Gasteiger partial charge < -0.3 is 5.73 Å². The van der Waals surface area contributed by atoms with Crippen LogP contribution in [0.25, 0.3) is 29.6 Å². The van der Waals surface area contributed by atoms with Crippen molar-refractivity contribution < 1.29 is 0 Å². The molecular formula is C14H8ClNS2. The number of benzene rings is 2. The SMILES string of the molecule is Nc1ccc2c(c1)sc1c3ccc(Cl)cc3sc21. The smallest absolute Gasteiger partial charge is 0.0542 e. The van der Waals surface area contributed by atoms with E-state index < -0.39 is 0 Å². The zero-order chi connectivity index (χ0) is 12.3. The fourth-order valence-electron chi connectivity index (χ4n) is 2.25. The molecule has 4 rings (SSSR count). The molecule has 0 unspecified atom stereocenters. The molecule has 1 nitrogen and oxygen atoms in total. The van der Waals surface area contributed by atoms with E-state index in [-0.39, 0.29) is 0 Å². The zero-order valence-electron chi connectivity index (χ0n) is 9.24. The van der Waals surface area contributed by atoms with Gasteiger partial charge in [0.15, 0.2) is 0 Å². The summed E-state index contributed by atoms with van der Waals surface area (Å²) in [5.74, 6) is 0. The molecule has 0 fully saturated rings. The van der Waals surface area contributed by atoms with Crippen molar-refractivity contribution in [3.63, 3.8) is 0 Å². The Balaban J connectivity index is 2.23. The first-order valence-corrected chi connectivity index (χ1v) is 7.53. The number of thiophene rings is 2. The van der Waals surface area contributed by atoms with Gasteiger partial charge in [-0.2, -0.15) is 0 Å². The normalized spacial score (nSPS) is 11.8. The maximum atomic E-state index is 6.05. The maximum absolute atomic E-state index is 6.05. The highest BCUT2D eigenvalue weighted by Crippen LogP contribution is 2.44. The number of nitrogens with two attached hydrogens (primary N) is 1. The van der Waals surface area contributed by atoms with Crippen LogP contribution in [-0.4, -0.2) is 0 Å². The maximum Gasteiger partial charge on any atom is 0.0542 e. The molecule has 0 radical (unpaired) electrons. The molecule has 0 aliphatic carbocycles. The van der Waals surface area contributed by atoms with Gasteiger partial charge in [-0.05, 0) is 24.3 Å². The molecule has 2 heterocycles. The minimum Gasteiger partial charge on any atom is -0.399 e. The van der Waals surface area contributed by atoms with Crippen molar-refractivity contribution in [2.75, 3.05) is 5.73 Å². The molecule has 2 aromatic heterocycles. The van der Waals surface area contributed by atoms with Gasteiger partial charge in [0, 0.05) is 30.9 Å². The summed E-state index contributed by atoms with van der Waals surface area (Å²) < 4.78 is 5.19. The van der Waals surface area contributed by atoms with E-state index in [1.54, 1.807) is 22.7 Å². The van der Waals surface area contributed by atoms with Crippen LogP contribution in [0, 0.1) is 0 Å². The van der Waals surface area contributed by atoms with Crippen LogP contribution in [-0.2, 0) is 0 Å². The van der Waals surface area contributed by atoms with E-state index >= 15 is 0 Å². The van der Waals surface area contributed by atoms with Gasteiger partial charge in [-0.25, -0.2) is 0 Å². The summed E-state index contributed by atoms with van der Waals surface area (Å²) in [6.07, 6.45) is 0. The zero-order valence-corrected chi connectivity index (χ0v) is 11.6. The fraction of sp³-hybridized carbons (Fsp3) is 0. The van der Waals surface area contributed by atoms with Crippen LogP contribution in [0.5, 0.6) is 0 Å². The van der Waals surface area contributed by atoms with Gasteiger partial charge in [0.05, 0.1) is 9.40 Å². The number of nitrogen functional groups attached to an aromatic ring is 1. The van der Waals surface area contributed by atoms with E-state index in [0.717, 1.165) is 10.7 Å². The lowest BCUT2D eigenvalue weighted by molar-refractivity contribution is 1.80. The second-order valence-corrected chi connectivity index (χ2v) is 6.80. The molecule has 18 heavy (non-hydrogen) atoms. The minimum atomic E-state index is 0.796. The topological polar surface area (TPSA) is 26.0 Å².